The molecule has 0 radical (unpaired) electrons. The molecular weight excluding hydrogens is 264 g/mol. The zero-order valence-electron chi connectivity index (χ0n) is 10.9. The van der Waals surface area contributed by atoms with Crippen LogP contribution in [0.25, 0.3) is 0 Å². The van der Waals surface area contributed by atoms with Crippen LogP contribution in [0.1, 0.15) is 44.5 Å². The first-order valence-corrected chi connectivity index (χ1v) is 7.68. The van der Waals surface area contributed by atoms with E-state index < -0.39 is 0 Å². The molecule has 0 spiro atoms. The molecule has 2 N–H and O–H groups in total. The Morgan fingerprint density at radius 1 is 1.53 bits per heavy atom. The molecule has 2 unspecified atom stereocenters. The Kier molecular flexibility index (Phi) is 3.49. The Bertz CT molecular complexity index is 464. The lowest BCUT2D eigenvalue weighted by atomic mass is 10.1. The molecule has 0 bridgehead atoms. The number of nitrogens with zero attached hydrogens (tertiary/aromatic N) is 2. The minimum atomic E-state index is -0.361. The summed E-state index contributed by atoms with van der Waals surface area (Å²) in [5, 5.41) is 13.9. The van der Waals surface area contributed by atoms with Crippen molar-refractivity contribution < 1.29 is 9.21 Å². The molecule has 2 saturated heterocycles. The lowest BCUT2D eigenvalue weighted by Gasteiger charge is -2.19. The van der Waals surface area contributed by atoms with Gasteiger partial charge in [-0.15, -0.1) is 16.9 Å². The van der Waals surface area contributed by atoms with Gasteiger partial charge in [0, 0.05) is 0 Å². The third-order valence-electron chi connectivity index (χ3n) is 3.72. The van der Waals surface area contributed by atoms with Gasteiger partial charge < -0.3 is 9.73 Å². The van der Waals surface area contributed by atoms with Gasteiger partial charge in [-0.2, -0.15) is 0 Å². The second-order valence-electron chi connectivity index (χ2n) is 5.23. The molecule has 2 atom stereocenters. The minimum Gasteiger partial charge on any atom is -0.406 e. The topological polar surface area (TPSA) is 80.0 Å². The van der Waals surface area contributed by atoms with Crippen LogP contribution in [0.2, 0.25) is 0 Å². The average molecular weight is 282 g/mol. The molecule has 1 aromatic heterocycles. The third kappa shape index (κ3) is 2.62. The maximum Gasteiger partial charge on any atom is 0.322 e. The summed E-state index contributed by atoms with van der Waals surface area (Å²) in [4.78, 5) is 12.2. The van der Waals surface area contributed by atoms with Crippen molar-refractivity contribution in [2.24, 2.45) is 0 Å². The molecule has 1 aromatic rings. The Morgan fingerprint density at radius 2 is 2.42 bits per heavy atom. The molecule has 0 aromatic carbocycles. The standard InChI is InChI=1S/C12H18N4O2S/c1-12(5-3-7-19-12)10(17)14-11-16-15-9(18-11)8-4-2-6-13-8/h8,13H,2-7H2,1H3,(H,14,16,17). The zero-order valence-corrected chi connectivity index (χ0v) is 11.8. The van der Waals surface area contributed by atoms with E-state index >= 15 is 0 Å². The Morgan fingerprint density at radius 3 is 3.11 bits per heavy atom. The lowest BCUT2D eigenvalue weighted by Crippen LogP contribution is -2.34. The van der Waals surface area contributed by atoms with Crippen molar-refractivity contribution in [2.75, 3.05) is 17.6 Å². The smallest absolute Gasteiger partial charge is 0.322 e. The summed E-state index contributed by atoms with van der Waals surface area (Å²) in [6, 6.07) is 0.344. The van der Waals surface area contributed by atoms with E-state index in [4.69, 9.17) is 4.42 Å². The zero-order chi connectivity index (χ0) is 13.3. The molecule has 104 valence electrons. The molecule has 2 aliphatic rings. The summed E-state index contributed by atoms with van der Waals surface area (Å²) in [7, 11) is 0. The normalized spacial score (nSPS) is 30.7. The molecule has 2 fully saturated rings. The van der Waals surface area contributed by atoms with Crippen LogP contribution in [-0.2, 0) is 4.79 Å². The van der Waals surface area contributed by atoms with E-state index in [-0.39, 0.29) is 22.7 Å². The van der Waals surface area contributed by atoms with Gasteiger partial charge in [0.15, 0.2) is 0 Å². The molecule has 3 heterocycles. The SMILES string of the molecule is CC1(C(=O)Nc2nnc(C3CCCN3)o2)CCCS1. The molecular formula is C12H18N4O2S. The molecule has 0 aliphatic carbocycles. The molecule has 7 heteroatoms. The lowest BCUT2D eigenvalue weighted by molar-refractivity contribution is -0.118. The molecule has 3 rings (SSSR count). The van der Waals surface area contributed by atoms with Crippen molar-refractivity contribution in [3.63, 3.8) is 0 Å². The molecule has 19 heavy (non-hydrogen) atoms. The number of rotatable bonds is 3. The van der Waals surface area contributed by atoms with Crippen LogP contribution >= 0.6 is 11.8 Å². The van der Waals surface area contributed by atoms with Crippen LogP contribution in [-0.4, -0.2) is 33.1 Å². The van der Waals surface area contributed by atoms with E-state index in [1.165, 1.54) is 0 Å². The molecule has 2 aliphatic heterocycles. The second kappa shape index (κ2) is 5.13. The molecule has 0 saturated carbocycles. The number of carbonyl (C=O) groups excluding carboxylic acids is 1. The highest BCUT2D eigenvalue weighted by atomic mass is 32.2. The van der Waals surface area contributed by atoms with Crippen molar-refractivity contribution in [1.29, 1.82) is 0 Å². The first-order chi connectivity index (χ1) is 9.17. The van der Waals surface area contributed by atoms with Gasteiger partial charge >= 0.3 is 6.01 Å². The molecule has 1 amide bonds. The number of carbonyl (C=O) groups is 1. The van der Waals surface area contributed by atoms with Gasteiger partial charge in [-0.05, 0) is 44.9 Å². The van der Waals surface area contributed by atoms with Crippen molar-refractivity contribution in [1.82, 2.24) is 15.5 Å². The van der Waals surface area contributed by atoms with Crippen molar-refractivity contribution in [2.45, 2.75) is 43.4 Å². The maximum atomic E-state index is 12.2. The number of hydrogen-bond acceptors (Lipinski definition) is 6. The predicted molar refractivity (Wildman–Crippen MR) is 73.0 cm³/mol. The Balaban J connectivity index is 1.65. The van der Waals surface area contributed by atoms with E-state index in [9.17, 15) is 4.79 Å². The first-order valence-electron chi connectivity index (χ1n) is 6.70. The van der Waals surface area contributed by atoms with E-state index in [0.717, 1.165) is 38.0 Å². The maximum absolute atomic E-state index is 12.2. The Hall–Kier alpha value is -1.08. The highest BCUT2D eigenvalue weighted by molar-refractivity contribution is 8.01. The van der Waals surface area contributed by atoms with Gasteiger partial charge in [0.05, 0.1) is 10.8 Å². The van der Waals surface area contributed by atoms with Gasteiger partial charge in [-0.25, -0.2) is 0 Å². The fraction of sp³-hybridized carbons (Fsp3) is 0.750. The van der Waals surface area contributed by atoms with Crippen LogP contribution in [0.5, 0.6) is 0 Å². The van der Waals surface area contributed by atoms with Crippen LogP contribution < -0.4 is 10.6 Å². The summed E-state index contributed by atoms with van der Waals surface area (Å²) in [5.74, 6) is 1.56. The molecule has 6 nitrogen and oxygen atoms in total. The summed E-state index contributed by atoms with van der Waals surface area (Å²) < 4.78 is 5.16. The van der Waals surface area contributed by atoms with Crippen LogP contribution in [0.15, 0.2) is 4.42 Å². The number of nitrogens with one attached hydrogen (secondary N) is 2. The third-order valence-corrected chi connectivity index (χ3v) is 5.24. The second-order valence-corrected chi connectivity index (χ2v) is 6.83. The van der Waals surface area contributed by atoms with Gasteiger partial charge in [0.25, 0.3) is 0 Å². The minimum absolute atomic E-state index is 0.0374. The van der Waals surface area contributed by atoms with Gasteiger partial charge in [-0.3, -0.25) is 10.1 Å². The summed E-state index contributed by atoms with van der Waals surface area (Å²) in [6.45, 7) is 2.94. The average Bonchev–Trinajstić information content (AvgIpc) is 3.08. The number of amides is 1. The fourth-order valence-electron chi connectivity index (χ4n) is 2.51. The van der Waals surface area contributed by atoms with Gasteiger partial charge in [0.1, 0.15) is 0 Å². The Labute approximate surface area is 116 Å². The van der Waals surface area contributed by atoms with Gasteiger partial charge in [0.2, 0.25) is 11.8 Å². The van der Waals surface area contributed by atoms with Crippen LogP contribution in [0.4, 0.5) is 6.01 Å². The largest absolute Gasteiger partial charge is 0.406 e. The van der Waals surface area contributed by atoms with Crippen LogP contribution in [0.3, 0.4) is 0 Å². The summed E-state index contributed by atoms with van der Waals surface area (Å²) >= 11 is 1.69. The van der Waals surface area contributed by atoms with Crippen molar-refractivity contribution >= 4 is 23.7 Å². The van der Waals surface area contributed by atoms with E-state index in [0.29, 0.717) is 5.89 Å². The predicted octanol–water partition coefficient (Wildman–Crippen LogP) is 1.72. The van der Waals surface area contributed by atoms with Gasteiger partial charge in [-0.1, -0.05) is 5.10 Å². The number of aromatic nitrogens is 2. The number of thioether (sulfide) groups is 1. The van der Waals surface area contributed by atoms with E-state index in [2.05, 4.69) is 20.8 Å². The first kappa shape index (κ1) is 12.9. The van der Waals surface area contributed by atoms with E-state index in [1.54, 1.807) is 11.8 Å². The highest BCUT2D eigenvalue weighted by Gasteiger charge is 2.38. The number of anilines is 1. The summed E-state index contributed by atoms with van der Waals surface area (Å²) in [6.07, 6.45) is 4.09. The highest BCUT2D eigenvalue weighted by Crippen LogP contribution is 2.38. The van der Waals surface area contributed by atoms with Crippen LogP contribution in [0, 0.1) is 0 Å². The quantitative estimate of drug-likeness (QED) is 0.878. The van der Waals surface area contributed by atoms with Crippen molar-refractivity contribution in [3.8, 4) is 0 Å². The number of hydrogen-bond donors (Lipinski definition) is 2. The monoisotopic (exact) mass is 282 g/mol. The van der Waals surface area contributed by atoms with E-state index in [1.807, 2.05) is 6.92 Å². The van der Waals surface area contributed by atoms with Crippen molar-refractivity contribution in [3.05, 3.63) is 5.89 Å². The summed E-state index contributed by atoms with van der Waals surface area (Å²) in [5.41, 5.74) is 0. The fourth-order valence-corrected chi connectivity index (χ4v) is 3.72.